The molecule has 0 N–H and O–H groups in total. The Bertz CT molecular complexity index is 1690. The van der Waals surface area contributed by atoms with Crippen LogP contribution in [-0.4, -0.2) is 57.9 Å². The summed E-state index contributed by atoms with van der Waals surface area (Å²) >= 11 is 6.40. The molecule has 2 aliphatic rings. The van der Waals surface area contributed by atoms with E-state index in [1.165, 1.54) is 7.11 Å². The number of fused-ring (bicyclic) bond motifs is 2. The minimum absolute atomic E-state index is 0.0874. The van der Waals surface area contributed by atoms with Crippen molar-refractivity contribution in [2.75, 3.05) is 26.9 Å². The van der Waals surface area contributed by atoms with Crippen LogP contribution in [0.15, 0.2) is 41.2 Å². The highest BCUT2D eigenvalue weighted by Crippen LogP contribution is 2.36. The number of esters is 1. The van der Waals surface area contributed by atoms with Crippen LogP contribution < -0.4 is 10.3 Å². The van der Waals surface area contributed by atoms with Gasteiger partial charge in [-0.2, -0.15) is 5.10 Å². The lowest BCUT2D eigenvalue weighted by Crippen LogP contribution is -2.42. The van der Waals surface area contributed by atoms with E-state index in [0.717, 1.165) is 16.8 Å². The minimum Gasteiger partial charge on any atom is -0.491 e. The van der Waals surface area contributed by atoms with E-state index in [0.29, 0.717) is 78.1 Å². The molecule has 4 aromatic rings. The van der Waals surface area contributed by atoms with Gasteiger partial charge in [0.1, 0.15) is 18.2 Å². The van der Waals surface area contributed by atoms with Crippen molar-refractivity contribution in [2.45, 2.75) is 45.4 Å². The lowest BCUT2D eigenvalue weighted by Gasteiger charge is -2.32. The number of ether oxygens (including phenoxy) is 4. The van der Waals surface area contributed by atoms with E-state index in [1.807, 2.05) is 32.0 Å². The number of carbonyl (C=O) groups excluding carboxylic acids is 1. The molecule has 1 aliphatic carbocycles. The third-order valence-corrected chi connectivity index (χ3v) is 7.72. The molecule has 0 amide bonds. The average Bonchev–Trinajstić information content (AvgIpc) is 3.58. The molecule has 0 unspecified atom stereocenters. The zero-order valence-corrected chi connectivity index (χ0v) is 23.3. The fourth-order valence-corrected chi connectivity index (χ4v) is 5.76. The summed E-state index contributed by atoms with van der Waals surface area (Å²) in [5.41, 5.74) is 4.63. The Morgan fingerprint density at radius 3 is 2.70 bits per heavy atom. The van der Waals surface area contributed by atoms with Crippen LogP contribution in [0.1, 0.15) is 39.7 Å². The van der Waals surface area contributed by atoms with Gasteiger partial charge in [0, 0.05) is 34.6 Å². The second kappa shape index (κ2) is 10.3. The molecule has 1 spiro atoms. The van der Waals surface area contributed by atoms with E-state index in [2.05, 4.69) is 5.10 Å². The van der Waals surface area contributed by atoms with Crippen LogP contribution in [0, 0.1) is 13.8 Å². The summed E-state index contributed by atoms with van der Waals surface area (Å²) in [4.78, 5) is 30.5. The Labute approximate surface area is 235 Å². The summed E-state index contributed by atoms with van der Waals surface area (Å²) in [5.74, 6) is 0.0305. The fourth-order valence-electron chi connectivity index (χ4n) is 5.58. The van der Waals surface area contributed by atoms with Gasteiger partial charge in [-0.05, 0) is 56.7 Å². The third kappa shape index (κ3) is 4.66. The van der Waals surface area contributed by atoms with Crippen LogP contribution >= 0.6 is 11.6 Å². The molecule has 1 saturated heterocycles. The van der Waals surface area contributed by atoms with Crippen molar-refractivity contribution in [1.82, 2.24) is 19.2 Å². The highest BCUT2D eigenvalue weighted by molar-refractivity contribution is 6.31. The van der Waals surface area contributed by atoms with Gasteiger partial charge in [-0.15, -0.1) is 0 Å². The number of hydrogen-bond acceptors (Lipinski definition) is 8. The molecule has 1 aromatic carbocycles. The van der Waals surface area contributed by atoms with E-state index >= 15 is 0 Å². The number of benzene rings is 1. The number of halogens is 1. The molecule has 0 saturated carbocycles. The summed E-state index contributed by atoms with van der Waals surface area (Å²) in [5, 5.41) is 5.04. The monoisotopic (exact) mass is 564 g/mol. The maximum Gasteiger partial charge on any atom is 0.356 e. The smallest absolute Gasteiger partial charge is 0.356 e. The van der Waals surface area contributed by atoms with Gasteiger partial charge in [0.25, 0.3) is 5.56 Å². The Kier molecular flexibility index (Phi) is 6.85. The van der Waals surface area contributed by atoms with Crippen molar-refractivity contribution in [3.8, 4) is 16.9 Å². The highest BCUT2D eigenvalue weighted by Gasteiger charge is 2.41. The molecule has 208 valence electrons. The van der Waals surface area contributed by atoms with Gasteiger partial charge in [0.2, 0.25) is 0 Å². The normalized spacial score (nSPS) is 15.9. The summed E-state index contributed by atoms with van der Waals surface area (Å²) in [6.45, 7) is 5.30. The van der Waals surface area contributed by atoms with Crippen LogP contribution in [0.4, 0.5) is 0 Å². The van der Waals surface area contributed by atoms with Gasteiger partial charge < -0.3 is 18.9 Å². The third-order valence-electron chi connectivity index (χ3n) is 7.48. The van der Waals surface area contributed by atoms with E-state index < -0.39 is 11.8 Å². The van der Waals surface area contributed by atoms with Crippen molar-refractivity contribution in [3.05, 3.63) is 80.2 Å². The summed E-state index contributed by atoms with van der Waals surface area (Å²) in [6, 6.07) is 10.8. The van der Waals surface area contributed by atoms with Gasteiger partial charge in [-0.25, -0.2) is 14.3 Å². The Morgan fingerprint density at radius 1 is 1.12 bits per heavy atom. The number of carbonyl (C=O) groups is 1. The summed E-state index contributed by atoms with van der Waals surface area (Å²) in [6.07, 6.45) is 1.75. The predicted octanol–water partition coefficient (Wildman–Crippen LogP) is 3.93. The molecule has 0 atom stereocenters. The molecule has 1 aliphatic heterocycles. The number of methoxy groups -OCH3 is 1. The van der Waals surface area contributed by atoms with Crippen LogP contribution in [-0.2, 0) is 33.6 Å². The quantitative estimate of drug-likeness (QED) is 0.324. The first-order chi connectivity index (χ1) is 19.3. The number of rotatable bonds is 6. The lowest BCUT2D eigenvalue weighted by atomic mass is 9.91. The molecule has 3 aromatic heterocycles. The van der Waals surface area contributed by atoms with Crippen molar-refractivity contribution < 1.29 is 23.7 Å². The van der Waals surface area contributed by atoms with Crippen LogP contribution in [0.3, 0.4) is 0 Å². The lowest BCUT2D eigenvalue weighted by molar-refractivity contribution is -0.164. The molecule has 0 radical (unpaired) electrons. The van der Waals surface area contributed by atoms with Crippen molar-refractivity contribution in [3.63, 3.8) is 0 Å². The zero-order valence-electron chi connectivity index (χ0n) is 22.5. The first kappa shape index (κ1) is 26.5. The zero-order chi connectivity index (χ0) is 28.0. The SMILES string of the molecule is COC(=O)c1ccc2c(-c3cc(Cl)ccc3OCCn3c(C)nc4c(c3=O)CC3(CC4)OCCO3)cc(C)nn12. The Hall–Kier alpha value is -3.73. The maximum atomic E-state index is 13.5. The van der Waals surface area contributed by atoms with Gasteiger partial charge in [-0.1, -0.05) is 11.6 Å². The molecule has 1 fully saturated rings. The first-order valence-corrected chi connectivity index (χ1v) is 13.5. The topological polar surface area (TPSA) is 106 Å². The number of nitrogens with zero attached hydrogens (tertiary/aromatic N) is 4. The van der Waals surface area contributed by atoms with Crippen LogP contribution in [0.2, 0.25) is 5.02 Å². The summed E-state index contributed by atoms with van der Waals surface area (Å²) < 4.78 is 26.1. The molecular weight excluding hydrogens is 536 g/mol. The molecule has 10 nitrogen and oxygen atoms in total. The fraction of sp³-hybridized carbons (Fsp3) is 0.379. The maximum absolute atomic E-state index is 13.5. The van der Waals surface area contributed by atoms with E-state index in [-0.39, 0.29) is 12.2 Å². The Balaban J connectivity index is 1.29. The molecule has 6 rings (SSSR count). The second-order valence-corrected chi connectivity index (χ2v) is 10.5. The molecule has 0 bridgehead atoms. The number of aryl methyl sites for hydroxylation is 3. The van der Waals surface area contributed by atoms with Gasteiger partial charge in [0.15, 0.2) is 11.5 Å². The van der Waals surface area contributed by atoms with Crippen molar-refractivity contribution in [1.29, 1.82) is 0 Å². The van der Waals surface area contributed by atoms with Gasteiger partial charge >= 0.3 is 5.97 Å². The van der Waals surface area contributed by atoms with Gasteiger partial charge in [0.05, 0.1) is 43.8 Å². The second-order valence-electron chi connectivity index (χ2n) is 10.0. The Morgan fingerprint density at radius 2 is 1.93 bits per heavy atom. The van der Waals surface area contributed by atoms with Crippen LogP contribution in [0.25, 0.3) is 16.6 Å². The number of aromatic nitrogens is 4. The van der Waals surface area contributed by atoms with E-state index in [9.17, 15) is 9.59 Å². The first-order valence-electron chi connectivity index (χ1n) is 13.2. The van der Waals surface area contributed by atoms with Gasteiger partial charge in [-0.3, -0.25) is 9.36 Å². The largest absolute Gasteiger partial charge is 0.491 e. The van der Waals surface area contributed by atoms with Crippen molar-refractivity contribution >= 4 is 23.1 Å². The summed E-state index contributed by atoms with van der Waals surface area (Å²) in [7, 11) is 1.33. The molecular formula is C29H29ClN4O6. The molecule has 4 heterocycles. The average molecular weight is 565 g/mol. The van der Waals surface area contributed by atoms with E-state index in [4.69, 9.17) is 35.5 Å². The van der Waals surface area contributed by atoms with E-state index in [1.54, 1.807) is 27.3 Å². The number of hydrogen-bond donors (Lipinski definition) is 0. The molecule has 11 heteroatoms. The van der Waals surface area contributed by atoms with Crippen molar-refractivity contribution in [2.24, 2.45) is 0 Å². The molecule has 40 heavy (non-hydrogen) atoms. The minimum atomic E-state index is -0.712. The highest BCUT2D eigenvalue weighted by atomic mass is 35.5. The predicted molar refractivity (Wildman–Crippen MR) is 147 cm³/mol. The van der Waals surface area contributed by atoms with Crippen LogP contribution in [0.5, 0.6) is 5.75 Å². The standard InChI is InChI=1S/C29H29ClN4O6/c1-17-14-20(24-5-6-25(28(36)37-3)34(24)32-17)21-15-19(30)4-7-26(21)38-11-10-33-18(2)31-23-8-9-29(39-12-13-40-29)16-22(23)27(33)35/h4-7,14-15H,8-13,16H2,1-3H3.